The number of benzene rings is 1. The number of hydrogen-bond acceptors (Lipinski definition) is 4. The van der Waals surface area contributed by atoms with E-state index in [9.17, 15) is 14.4 Å². The highest BCUT2D eigenvalue weighted by atomic mass is 35.5. The maximum absolute atomic E-state index is 12.6. The highest BCUT2D eigenvalue weighted by Crippen LogP contribution is 2.35. The summed E-state index contributed by atoms with van der Waals surface area (Å²) in [5.41, 5.74) is -0.782. The Morgan fingerprint density at radius 3 is 2.67 bits per heavy atom. The molecule has 6 heteroatoms. The topological polar surface area (TPSA) is 72.5 Å². The number of carbonyl (C=O) groups excluding carboxylic acids is 3. The van der Waals surface area contributed by atoms with E-state index >= 15 is 0 Å². The lowest BCUT2D eigenvalue weighted by Gasteiger charge is -2.31. The van der Waals surface area contributed by atoms with E-state index in [1.54, 1.807) is 37.3 Å². The van der Waals surface area contributed by atoms with E-state index in [1.807, 2.05) is 0 Å². The van der Waals surface area contributed by atoms with E-state index in [4.69, 9.17) is 16.3 Å². The number of amides is 1. The number of carbonyl (C=O) groups is 3. The molecule has 3 atom stereocenters. The first-order valence-electron chi connectivity index (χ1n) is 6.61. The fourth-order valence-corrected chi connectivity index (χ4v) is 2.94. The first kappa shape index (κ1) is 15.5. The number of alkyl halides is 1. The largest absolute Gasteiger partial charge is 0.458 e. The maximum atomic E-state index is 12.6. The molecule has 0 unspecified atom stereocenters. The molecule has 1 heterocycles. The summed E-state index contributed by atoms with van der Waals surface area (Å²) >= 11 is 5.71. The van der Waals surface area contributed by atoms with E-state index in [-0.39, 0.29) is 24.0 Å². The predicted octanol–water partition coefficient (Wildman–Crippen LogP) is 1.54. The number of Topliss-reactive ketones (excluding diaryl/α,β-unsaturated/α-hetero) is 1. The lowest BCUT2D eigenvalue weighted by Crippen LogP contribution is -2.50. The molecule has 0 saturated carbocycles. The summed E-state index contributed by atoms with van der Waals surface area (Å²) in [6, 6.07) is 7.67. The Labute approximate surface area is 127 Å². The minimum atomic E-state index is -1.24. The van der Waals surface area contributed by atoms with Gasteiger partial charge in [-0.15, -0.1) is 11.6 Å². The number of ether oxygens (including phenoxy) is 1. The summed E-state index contributed by atoms with van der Waals surface area (Å²) in [5.74, 6) is -1.01. The second-order valence-corrected chi connectivity index (χ2v) is 5.48. The van der Waals surface area contributed by atoms with Crippen LogP contribution in [0.1, 0.15) is 23.7 Å². The molecule has 1 fully saturated rings. The van der Waals surface area contributed by atoms with Crippen molar-refractivity contribution < 1.29 is 19.1 Å². The van der Waals surface area contributed by atoms with Crippen LogP contribution in [0.15, 0.2) is 30.3 Å². The average Bonchev–Trinajstić information content (AvgIpc) is 2.73. The highest BCUT2D eigenvalue weighted by molar-refractivity contribution is 6.18. The number of ketones is 1. The molecule has 0 bridgehead atoms. The van der Waals surface area contributed by atoms with E-state index < -0.39 is 17.6 Å². The van der Waals surface area contributed by atoms with E-state index in [2.05, 4.69) is 5.32 Å². The zero-order valence-electron chi connectivity index (χ0n) is 11.5. The first-order valence-corrected chi connectivity index (χ1v) is 7.15. The van der Waals surface area contributed by atoms with Gasteiger partial charge < -0.3 is 10.1 Å². The molecule has 1 N–H and O–H groups in total. The van der Waals surface area contributed by atoms with Crippen LogP contribution in [0.5, 0.6) is 0 Å². The fourth-order valence-electron chi connectivity index (χ4n) is 2.72. The normalized spacial score (nSPS) is 28.0. The van der Waals surface area contributed by atoms with Crippen molar-refractivity contribution in [2.75, 3.05) is 5.88 Å². The third-order valence-corrected chi connectivity index (χ3v) is 4.11. The summed E-state index contributed by atoms with van der Waals surface area (Å²) < 4.78 is 5.14. The van der Waals surface area contributed by atoms with Crippen LogP contribution in [-0.2, 0) is 14.3 Å². The van der Waals surface area contributed by atoms with Gasteiger partial charge in [0.25, 0.3) is 6.47 Å². The van der Waals surface area contributed by atoms with Crippen molar-refractivity contribution in [3.63, 3.8) is 0 Å². The molecule has 2 rings (SSSR count). The van der Waals surface area contributed by atoms with Crippen molar-refractivity contribution in [1.29, 1.82) is 0 Å². The van der Waals surface area contributed by atoms with Crippen LogP contribution in [0.4, 0.5) is 0 Å². The molecule has 0 spiro atoms. The molecule has 1 aliphatic rings. The summed E-state index contributed by atoms with van der Waals surface area (Å²) in [4.78, 5) is 35.5. The molecule has 0 radical (unpaired) electrons. The molecule has 1 amide bonds. The van der Waals surface area contributed by atoms with Gasteiger partial charge in [-0.3, -0.25) is 14.4 Å². The van der Waals surface area contributed by atoms with Crippen molar-refractivity contribution in [3.05, 3.63) is 35.9 Å². The Morgan fingerprint density at radius 1 is 1.43 bits per heavy atom. The molecular formula is C15H16ClNO4. The van der Waals surface area contributed by atoms with Gasteiger partial charge in [-0.05, 0) is 13.3 Å². The Balaban J connectivity index is 2.35. The molecular weight excluding hydrogens is 294 g/mol. The van der Waals surface area contributed by atoms with Gasteiger partial charge in [0.15, 0.2) is 5.78 Å². The molecule has 1 aromatic rings. The van der Waals surface area contributed by atoms with Gasteiger partial charge in [0, 0.05) is 11.4 Å². The smallest absolute Gasteiger partial charge is 0.293 e. The van der Waals surface area contributed by atoms with Crippen LogP contribution < -0.4 is 5.32 Å². The molecule has 1 aliphatic heterocycles. The van der Waals surface area contributed by atoms with Gasteiger partial charge in [0.2, 0.25) is 5.91 Å². The third-order valence-electron chi connectivity index (χ3n) is 3.89. The number of rotatable bonds is 6. The van der Waals surface area contributed by atoms with Crippen LogP contribution in [0.3, 0.4) is 0 Å². The second kappa shape index (κ2) is 6.26. The minimum Gasteiger partial charge on any atom is -0.458 e. The molecule has 0 aliphatic carbocycles. The number of nitrogens with one attached hydrogen (secondary N) is 1. The van der Waals surface area contributed by atoms with Crippen molar-refractivity contribution in [2.24, 2.45) is 5.92 Å². The zero-order chi connectivity index (χ0) is 15.5. The van der Waals surface area contributed by atoms with E-state index in [0.29, 0.717) is 12.0 Å². The van der Waals surface area contributed by atoms with Gasteiger partial charge in [0.05, 0.1) is 5.92 Å². The monoisotopic (exact) mass is 309 g/mol. The van der Waals surface area contributed by atoms with E-state index in [0.717, 1.165) is 0 Å². The van der Waals surface area contributed by atoms with Gasteiger partial charge >= 0.3 is 0 Å². The van der Waals surface area contributed by atoms with Crippen molar-refractivity contribution >= 4 is 29.8 Å². The lowest BCUT2D eigenvalue weighted by atomic mass is 9.82. The Kier molecular flexibility index (Phi) is 4.63. The van der Waals surface area contributed by atoms with Crippen LogP contribution in [0.2, 0.25) is 0 Å². The molecule has 112 valence electrons. The van der Waals surface area contributed by atoms with Gasteiger partial charge in [-0.1, -0.05) is 30.3 Å². The molecule has 1 aromatic carbocycles. The van der Waals surface area contributed by atoms with Crippen molar-refractivity contribution in [3.8, 4) is 0 Å². The molecule has 1 saturated heterocycles. The first-order chi connectivity index (χ1) is 10.0. The Bertz CT molecular complexity index is 548. The van der Waals surface area contributed by atoms with Crippen LogP contribution in [0, 0.1) is 5.92 Å². The lowest BCUT2D eigenvalue weighted by molar-refractivity contribution is -0.147. The second-order valence-electron chi connectivity index (χ2n) is 5.10. The zero-order valence-corrected chi connectivity index (χ0v) is 12.3. The SMILES string of the molecule is C[C@@]1(OC=O)[C@@H](C(=O)c2ccccc2)NC(=O)[C@@H]1CCCl. The van der Waals surface area contributed by atoms with Crippen molar-refractivity contribution in [2.45, 2.75) is 25.0 Å². The molecule has 0 aromatic heterocycles. The molecule has 5 nitrogen and oxygen atoms in total. The maximum Gasteiger partial charge on any atom is 0.293 e. The Hall–Kier alpha value is -1.88. The summed E-state index contributed by atoms with van der Waals surface area (Å²) in [5, 5.41) is 2.63. The highest BCUT2D eigenvalue weighted by Gasteiger charge is 2.56. The van der Waals surface area contributed by atoms with Crippen molar-refractivity contribution in [1.82, 2.24) is 5.32 Å². The molecule has 21 heavy (non-hydrogen) atoms. The standard InChI is InChI=1S/C15H16ClNO4/c1-15(21-9-18)11(7-8-16)14(20)17-13(15)12(19)10-5-3-2-4-6-10/h2-6,9,11,13H,7-8H2,1H3,(H,17,20)/t11-,13+,15-/m0/s1. The predicted molar refractivity (Wildman–Crippen MR) is 77.1 cm³/mol. The average molecular weight is 310 g/mol. The minimum absolute atomic E-state index is 0.238. The summed E-state index contributed by atoms with van der Waals surface area (Å²) in [6.45, 7) is 1.86. The van der Waals surface area contributed by atoms with Crippen LogP contribution >= 0.6 is 11.6 Å². The van der Waals surface area contributed by atoms with Crippen LogP contribution in [-0.4, -0.2) is 35.7 Å². The summed E-state index contributed by atoms with van der Waals surface area (Å²) in [7, 11) is 0. The van der Waals surface area contributed by atoms with Gasteiger partial charge in [-0.25, -0.2) is 0 Å². The quantitative estimate of drug-likeness (QED) is 0.491. The van der Waals surface area contributed by atoms with E-state index in [1.165, 1.54) is 0 Å². The van der Waals surface area contributed by atoms with Gasteiger partial charge in [-0.2, -0.15) is 0 Å². The number of hydrogen-bond donors (Lipinski definition) is 1. The third kappa shape index (κ3) is 2.78. The van der Waals surface area contributed by atoms with Gasteiger partial charge in [0.1, 0.15) is 11.6 Å². The number of halogens is 1. The Morgan fingerprint density at radius 2 is 2.10 bits per heavy atom. The summed E-state index contributed by atoms with van der Waals surface area (Å²) in [6.07, 6.45) is 0.330. The van der Waals surface area contributed by atoms with Crippen LogP contribution in [0.25, 0.3) is 0 Å². The fraction of sp³-hybridized carbons (Fsp3) is 0.400.